The lowest BCUT2D eigenvalue weighted by Gasteiger charge is -2.04. The van der Waals surface area contributed by atoms with Gasteiger partial charge in [-0.2, -0.15) is 0 Å². The highest BCUT2D eigenvalue weighted by Crippen LogP contribution is 2.10. The monoisotopic (exact) mass is 169 g/mol. The van der Waals surface area contributed by atoms with E-state index in [9.17, 15) is 4.79 Å². The Balaban J connectivity index is 4.47. The Morgan fingerprint density at radius 2 is 2.17 bits per heavy atom. The summed E-state index contributed by atoms with van der Waals surface area (Å²) in [6, 6.07) is 0. The molecule has 0 aliphatic carbocycles. The van der Waals surface area contributed by atoms with E-state index in [4.69, 9.17) is 0 Å². The molecular weight excluding hydrogens is 158 g/mol. The van der Waals surface area contributed by atoms with Crippen molar-refractivity contribution >= 4 is 12.7 Å². The third-order valence-corrected chi connectivity index (χ3v) is 1.17. The van der Waals surface area contributed by atoms with Crippen LogP contribution < -0.4 is 0 Å². The third-order valence-electron chi connectivity index (χ3n) is 1.17. The van der Waals surface area contributed by atoms with E-state index in [1.807, 2.05) is 0 Å². The van der Waals surface area contributed by atoms with E-state index in [1.165, 1.54) is 13.2 Å². The maximum Gasteiger partial charge on any atom is 0.341 e. The fourth-order valence-corrected chi connectivity index (χ4v) is 0.630. The summed E-state index contributed by atoms with van der Waals surface area (Å²) in [6.07, 6.45) is 1.53. The van der Waals surface area contributed by atoms with Crippen LogP contribution in [0.25, 0.3) is 0 Å². The predicted octanol–water partition coefficient (Wildman–Crippen LogP) is 1.25. The highest BCUT2D eigenvalue weighted by atomic mass is 16.6. The molecule has 0 aromatic rings. The number of esters is 1. The highest BCUT2D eigenvalue weighted by molar-refractivity contribution is 5.92. The molecule has 0 atom stereocenters. The number of ether oxygens (including phenoxy) is 1. The zero-order valence-electron chi connectivity index (χ0n) is 7.16. The van der Waals surface area contributed by atoms with E-state index in [0.29, 0.717) is 0 Å². The van der Waals surface area contributed by atoms with Crippen molar-refractivity contribution in [1.82, 2.24) is 0 Å². The summed E-state index contributed by atoms with van der Waals surface area (Å²) in [5.74, 6) is -0.384. The number of carbonyl (C=O) groups excluding carboxylic acids is 1. The number of methoxy groups -OCH3 is 1. The topological polar surface area (TPSA) is 47.9 Å². The Hall–Kier alpha value is -1.58. The largest absolute Gasteiger partial charge is 0.465 e. The Labute approximate surface area is 71.2 Å². The zero-order valence-corrected chi connectivity index (χ0v) is 7.16. The van der Waals surface area contributed by atoms with Gasteiger partial charge in [-0.05, 0) is 6.92 Å². The average Bonchev–Trinajstić information content (AvgIpc) is 2.06. The molecule has 0 heterocycles. The molecule has 0 radical (unpaired) electrons. The Morgan fingerprint density at radius 1 is 1.58 bits per heavy atom. The molecule has 0 bridgehead atoms. The average molecular weight is 169 g/mol. The smallest absolute Gasteiger partial charge is 0.341 e. The maximum atomic E-state index is 11.0. The molecule has 4 heteroatoms. The Bertz CT molecular complexity index is 230. The van der Waals surface area contributed by atoms with Gasteiger partial charge in [0.15, 0.2) is 5.76 Å². The van der Waals surface area contributed by atoms with Crippen LogP contribution in [0.2, 0.25) is 0 Å². The summed E-state index contributed by atoms with van der Waals surface area (Å²) in [7, 11) is 1.28. The standard InChI is InChI=1S/C8H11NO3/c1-5-7(8(10)11-4)6(2)12-9-3/h5H,2-3H2,1,4H3/b7-5+. The van der Waals surface area contributed by atoms with E-state index in [2.05, 4.69) is 28.0 Å². The second-order valence-corrected chi connectivity index (χ2v) is 1.84. The van der Waals surface area contributed by atoms with Gasteiger partial charge in [-0.15, -0.1) is 0 Å². The van der Waals surface area contributed by atoms with Crippen molar-refractivity contribution in [2.24, 2.45) is 5.16 Å². The number of rotatable bonds is 4. The number of allylic oxidation sites excluding steroid dienone is 1. The molecule has 0 aromatic heterocycles. The molecule has 12 heavy (non-hydrogen) atoms. The number of hydrogen-bond acceptors (Lipinski definition) is 4. The first-order chi connectivity index (χ1) is 5.67. The summed E-state index contributed by atoms with van der Waals surface area (Å²) in [6.45, 7) is 8.22. The Morgan fingerprint density at radius 3 is 2.50 bits per heavy atom. The van der Waals surface area contributed by atoms with E-state index in [-0.39, 0.29) is 11.3 Å². The van der Waals surface area contributed by atoms with Crippen LogP contribution in [0.5, 0.6) is 0 Å². The molecular formula is C8H11NO3. The molecule has 0 aliphatic heterocycles. The minimum Gasteiger partial charge on any atom is -0.465 e. The molecule has 0 fully saturated rings. The molecule has 4 nitrogen and oxygen atoms in total. The van der Waals surface area contributed by atoms with E-state index < -0.39 is 5.97 Å². The fraction of sp³-hybridized carbons (Fsp3) is 0.250. The van der Waals surface area contributed by atoms with Crippen LogP contribution in [0.15, 0.2) is 29.1 Å². The molecule has 0 N–H and O–H groups in total. The van der Waals surface area contributed by atoms with Crippen molar-refractivity contribution in [3.63, 3.8) is 0 Å². The predicted molar refractivity (Wildman–Crippen MR) is 45.5 cm³/mol. The summed E-state index contributed by atoms with van der Waals surface area (Å²) in [4.78, 5) is 15.5. The van der Waals surface area contributed by atoms with Crippen molar-refractivity contribution in [3.05, 3.63) is 24.0 Å². The lowest BCUT2D eigenvalue weighted by Crippen LogP contribution is -2.07. The zero-order chi connectivity index (χ0) is 9.56. The molecule has 0 saturated carbocycles. The maximum absolute atomic E-state index is 11.0. The highest BCUT2D eigenvalue weighted by Gasteiger charge is 2.13. The van der Waals surface area contributed by atoms with Crippen LogP contribution in [0.3, 0.4) is 0 Å². The van der Waals surface area contributed by atoms with Crippen LogP contribution >= 0.6 is 0 Å². The summed E-state index contributed by atoms with van der Waals surface area (Å²) < 4.78 is 4.46. The molecule has 0 unspecified atom stereocenters. The second-order valence-electron chi connectivity index (χ2n) is 1.84. The van der Waals surface area contributed by atoms with Gasteiger partial charge in [-0.1, -0.05) is 17.8 Å². The molecule has 0 amide bonds. The van der Waals surface area contributed by atoms with Gasteiger partial charge in [-0.25, -0.2) is 4.79 Å². The fourth-order valence-electron chi connectivity index (χ4n) is 0.630. The van der Waals surface area contributed by atoms with Gasteiger partial charge in [0.05, 0.1) is 7.11 Å². The summed E-state index contributed by atoms with van der Waals surface area (Å²) >= 11 is 0. The molecule has 0 rings (SSSR count). The molecule has 0 spiro atoms. The van der Waals surface area contributed by atoms with Crippen molar-refractivity contribution in [3.8, 4) is 0 Å². The van der Waals surface area contributed by atoms with Crippen molar-refractivity contribution in [1.29, 1.82) is 0 Å². The van der Waals surface area contributed by atoms with E-state index in [1.54, 1.807) is 6.92 Å². The first kappa shape index (κ1) is 10.4. The first-order valence-corrected chi connectivity index (χ1v) is 3.24. The normalized spacial score (nSPS) is 10.3. The number of carbonyl (C=O) groups is 1. The van der Waals surface area contributed by atoms with E-state index in [0.717, 1.165) is 0 Å². The molecule has 0 aromatic carbocycles. The summed E-state index contributed by atoms with van der Waals surface area (Å²) in [5, 5.41) is 3.12. The van der Waals surface area contributed by atoms with Gasteiger partial charge in [-0.3, -0.25) is 0 Å². The number of nitrogens with zero attached hydrogens (tertiary/aromatic N) is 1. The van der Waals surface area contributed by atoms with Crippen LogP contribution in [0.4, 0.5) is 0 Å². The third kappa shape index (κ3) is 2.57. The van der Waals surface area contributed by atoms with Gasteiger partial charge in [0.2, 0.25) is 0 Å². The number of oxime groups is 1. The minimum absolute atomic E-state index is 0.124. The quantitative estimate of drug-likeness (QED) is 0.159. The molecule has 66 valence electrons. The number of hydrogen-bond donors (Lipinski definition) is 0. The SMILES string of the molecule is C=NOC(=C)/C(=C\C)C(=O)OC. The van der Waals surface area contributed by atoms with Gasteiger partial charge in [0.1, 0.15) is 5.57 Å². The van der Waals surface area contributed by atoms with Crippen molar-refractivity contribution < 1.29 is 14.4 Å². The lowest BCUT2D eigenvalue weighted by molar-refractivity contribution is -0.136. The first-order valence-electron chi connectivity index (χ1n) is 3.24. The minimum atomic E-state index is -0.508. The second kappa shape index (κ2) is 5.12. The Kier molecular flexibility index (Phi) is 4.45. The van der Waals surface area contributed by atoms with Gasteiger partial charge < -0.3 is 9.57 Å². The van der Waals surface area contributed by atoms with Crippen molar-refractivity contribution in [2.75, 3.05) is 7.11 Å². The van der Waals surface area contributed by atoms with Gasteiger partial charge >= 0.3 is 5.97 Å². The van der Waals surface area contributed by atoms with Crippen LogP contribution in [0.1, 0.15) is 6.92 Å². The van der Waals surface area contributed by atoms with Gasteiger partial charge in [0.25, 0.3) is 0 Å². The summed E-state index contributed by atoms with van der Waals surface area (Å²) in [5.41, 5.74) is 0.241. The van der Waals surface area contributed by atoms with Crippen LogP contribution in [-0.4, -0.2) is 19.8 Å². The molecule has 0 aliphatic rings. The van der Waals surface area contributed by atoms with Crippen LogP contribution in [0, 0.1) is 0 Å². The van der Waals surface area contributed by atoms with Crippen molar-refractivity contribution in [2.45, 2.75) is 6.92 Å². The van der Waals surface area contributed by atoms with Crippen LogP contribution in [-0.2, 0) is 14.4 Å². The lowest BCUT2D eigenvalue weighted by atomic mass is 10.2. The van der Waals surface area contributed by atoms with Gasteiger partial charge in [0, 0.05) is 6.72 Å². The van der Waals surface area contributed by atoms with E-state index >= 15 is 0 Å². The molecule has 0 saturated heterocycles.